The van der Waals surface area contributed by atoms with E-state index in [1.54, 1.807) is 6.07 Å². The second-order valence-corrected chi connectivity index (χ2v) is 12.6. The lowest BCUT2D eigenvalue weighted by Crippen LogP contribution is -2.47. The van der Waals surface area contributed by atoms with Crippen LogP contribution in [0.1, 0.15) is 12.8 Å². The molecule has 4 atom stereocenters. The zero-order valence-corrected chi connectivity index (χ0v) is 26.2. The van der Waals surface area contributed by atoms with E-state index in [-0.39, 0.29) is 25.2 Å². The molecule has 13 nitrogen and oxygen atoms in total. The number of aliphatic hydroxyl groups excluding tert-OH is 1. The van der Waals surface area contributed by atoms with E-state index in [4.69, 9.17) is 36.4 Å². The number of likely N-dealkylation sites (tertiary alicyclic amines) is 1. The Morgan fingerprint density at radius 1 is 1.09 bits per heavy atom. The van der Waals surface area contributed by atoms with Gasteiger partial charge in [-0.25, -0.2) is 10.5 Å². The molecule has 0 radical (unpaired) electrons. The number of nitrogens with one attached hydrogen (secondary N) is 3. The number of pyridine rings is 1. The summed E-state index contributed by atoms with van der Waals surface area (Å²) in [5, 5.41) is 16.7. The molecule has 0 aliphatic carbocycles. The maximum absolute atomic E-state index is 12.5. The molecule has 246 valence electrons. The molecule has 0 spiro atoms. The normalized spacial score (nSPS) is 26.1. The van der Waals surface area contributed by atoms with Crippen LogP contribution in [-0.4, -0.2) is 129 Å². The third-order valence-electron chi connectivity index (χ3n) is 8.92. The SMILES string of the molecule is Nc1cc(Cl)c(-c2ccc(OCCNC(=O)CN3CCC(CN4CCNCC4)CC3)cc2)nc1NOC1COC2C(O)COC12. The molecule has 1 aromatic carbocycles. The number of piperidine rings is 1. The number of rotatable bonds is 12. The lowest BCUT2D eigenvalue weighted by atomic mass is 9.96. The number of benzene rings is 1. The van der Waals surface area contributed by atoms with E-state index >= 15 is 0 Å². The van der Waals surface area contributed by atoms with Gasteiger partial charge >= 0.3 is 0 Å². The maximum Gasteiger partial charge on any atom is 0.234 e. The number of nitrogens with zero attached hydrogens (tertiary/aromatic N) is 3. The van der Waals surface area contributed by atoms with Crippen molar-refractivity contribution in [3.63, 3.8) is 0 Å². The number of halogens is 1. The molecule has 1 aromatic heterocycles. The van der Waals surface area contributed by atoms with Crippen LogP contribution < -0.4 is 26.6 Å². The van der Waals surface area contributed by atoms with E-state index in [9.17, 15) is 9.90 Å². The molecule has 4 fully saturated rings. The molecule has 45 heavy (non-hydrogen) atoms. The van der Waals surface area contributed by atoms with Crippen molar-refractivity contribution in [1.29, 1.82) is 0 Å². The number of nitrogen functional groups attached to an aromatic ring is 1. The molecule has 4 aliphatic heterocycles. The Balaban J connectivity index is 0.910. The van der Waals surface area contributed by atoms with Crippen molar-refractivity contribution in [2.24, 2.45) is 5.92 Å². The summed E-state index contributed by atoms with van der Waals surface area (Å²) in [6.07, 6.45) is 0.453. The summed E-state index contributed by atoms with van der Waals surface area (Å²) >= 11 is 6.48. The van der Waals surface area contributed by atoms with Crippen molar-refractivity contribution >= 4 is 29.0 Å². The highest BCUT2D eigenvalue weighted by Crippen LogP contribution is 2.33. The highest BCUT2D eigenvalue weighted by Gasteiger charge is 2.48. The van der Waals surface area contributed by atoms with E-state index < -0.39 is 18.3 Å². The van der Waals surface area contributed by atoms with Crippen LogP contribution in [0.5, 0.6) is 5.75 Å². The van der Waals surface area contributed by atoms with E-state index in [2.05, 4.69) is 30.9 Å². The Morgan fingerprint density at radius 3 is 2.62 bits per heavy atom. The molecule has 0 saturated carbocycles. The number of aromatic nitrogens is 1. The topological polar surface area (TPSA) is 156 Å². The Hall–Kier alpha value is -2.75. The fraction of sp³-hybridized carbons (Fsp3) is 0.613. The number of anilines is 2. The van der Waals surface area contributed by atoms with Crippen molar-refractivity contribution in [3.05, 3.63) is 35.4 Å². The molecule has 6 N–H and O–H groups in total. The smallest absolute Gasteiger partial charge is 0.234 e. The molecule has 5 heterocycles. The molecule has 14 heteroatoms. The van der Waals surface area contributed by atoms with Crippen LogP contribution in [0.25, 0.3) is 11.3 Å². The summed E-state index contributed by atoms with van der Waals surface area (Å²) in [6.45, 7) is 9.28. The first-order valence-corrected chi connectivity index (χ1v) is 16.2. The van der Waals surface area contributed by atoms with Gasteiger partial charge in [-0.15, -0.1) is 0 Å². The summed E-state index contributed by atoms with van der Waals surface area (Å²) in [7, 11) is 0. The van der Waals surface area contributed by atoms with Gasteiger partial charge in [-0.1, -0.05) is 11.6 Å². The van der Waals surface area contributed by atoms with Crippen LogP contribution in [0, 0.1) is 5.92 Å². The summed E-state index contributed by atoms with van der Waals surface area (Å²) in [4.78, 5) is 27.7. The van der Waals surface area contributed by atoms with Gasteiger partial charge in [-0.2, -0.15) is 0 Å². The van der Waals surface area contributed by atoms with Gasteiger partial charge in [0.25, 0.3) is 0 Å². The zero-order valence-electron chi connectivity index (χ0n) is 25.5. The van der Waals surface area contributed by atoms with Gasteiger partial charge in [0.15, 0.2) is 5.82 Å². The predicted molar refractivity (Wildman–Crippen MR) is 170 cm³/mol. The number of aliphatic hydroxyl groups is 1. The van der Waals surface area contributed by atoms with E-state index in [1.807, 2.05) is 24.3 Å². The first-order valence-electron chi connectivity index (χ1n) is 15.9. The van der Waals surface area contributed by atoms with Crippen LogP contribution in [0.4, 0.5) is 11.5 Å². The second kappa shape index (κ2) is 15.2. The summed E-state index contributed by atoms with van der Waals surface area (Å²) < 4.78 is 17.0. The van der Waals surface area contributed by atoms with E-state index in [1.165, 1.54) is 6.54 Å². The molecule has 2 aromatic rings. The number of carbonyl (C=O) groups excluding carboxylic acids is 1. The van der Waals surface area contributed by atoms with Crippen LogP contribution >= 0.6 is 11.6 Å². The second-order valence-electron chi connectivity index (χ2n) is 12.2. The van der Waals surface area contributed by atoms with Crippen LogP contribution in [0.3, 0.4) is 0 Å². The number of amides is 1. The standard InChI is InChI=1S/C31H44ClN7O6/c32-23-15-24(33)31(37-45-26-19-44-29-25(40)18-43-30(26)29)36-28(23)21-1-3-22(4-2-21)42-14-9-35-27(41)17-38-10-5-20(6-11-38)16-39-12-7-34-8-13-39/h1-4,15,20,25-26,29-30,34,40H,5-14,16-19,33H2,(H,35,41)(H,36,37). The molecular weight excluding hydrogens is 602 g/mol. The zero-order chi connectivity index (χ0) is 31.2. The average molecular weight is 646 g/mol. The van der Waals surface area contributed by atoms with Gasteiger partial charge in [0, 0.05) is 38.3 Å². The van der Waals surface area contributed by atoms with E-state index in [0.717, 1.165) is 63.6 Å². The van der Waals surface area contributed by atoms with Crippen LogP contribution in [0.2, 0.25) is 5.02 Å². The Morgan fingerprint density at radius 2 is 1.84 bits per heavy atom. The molecular formula is C31H44ClN7O6. The monoisotopic (exact) mass is 645 g/mol. The summed E-state index contributed by atoms with van der Waals surface area (Å²) in [5.41, 5.74) is 10.6. The fourth-order valence-electron chi connectivity index (χ4n) is 6.38. The number of ether oxygens (including phenoxy) is 3. The van der Waals surface area contributed by atoms with Gasteiger partial charge < -0.3 is 40.6 Å². The highest BCUT2D eigenvalue weighted by atomic mass is 35.5. The minimum Gasteiger partial charge on any atom is -0.492 e. The molecule has 4 saturated heterocycles. The van der Waals surface area contributed by atoms with Gasteiger partial charge in [0.2, 0.25) is 5.91 Å². The van der Waals surface area contributed by atoms with Crippen molar-refractivity contribution in [3.8, 4) is 17.0 Å². The Bertz CT molecular complexity index is 1280. The number of nitrogens with two attached hydrogens (primary N) is 1. The van der Waals surface area contributed by atoms with Crippen molar-refractivity contribution in [2.45, 2.75) is 37.3 Å². The fourth-order valence-corrected chi connectivity index (χ4v) is 6.65. The molecule has 4 unspecified atom stereocenters. The molecule has 0 bridgehead atoms. The first-order chi connectivity index (χ1) is 21.9. The third kappa shape index (κ3) is 8.35. The highest BCUT2D eigenvalue weighted by molar-refractivity contribution is 6.33. The number of hydrogen-bond acceptors (Lipinski definition) is 12. The molecule has 4 aliphatic rings. The number of hydrogen-bond donors (Lipinski definition) is 5. The maximum atomic E-state index is 12.5. The van der Waals surface area contributed by atoms with Gasteiger partial charge in [-0.3, -0.25) is 14.5 Å². The lowest BCUT2D eigenvalue weighted by Gasteiger charge is -2.36. The number of carbonyl (C=O) groups is 1. The van der Waals surface area contributed by atoms with Crippen molar-refractivity contribution in [2.75, 3.05) is 89.9 Å². The molecule has 1 amide bonds. The first kappa shape index (κ1) is 32.2. The minimum absolute atomic E-state index is 0.0283. The third-order valence-corrected chi connectivity index (χ3v) is 9.20. The lowest BCUT2D eigenvalue weighted by molar-refractivity contribution is -0.122. The van der Waals surface area contributed by atoms with Gasteiger partial charge in [-0.05, 0) is 62.2 Å². The average Bonchev–Trinajstić information content (AvgIpc) is 3.63. The largest absolute Gasteiger partial charge is 0.492 e. The quantitative estimate of drug-likeness (QED) is 0.165. The van der Waals surface area contributed by atoms with Gasteiger partial charge in [0.1, 0.15) is 36.8 Å². The van der Waals surface area contributed by atoms with Crippen LogP contribution in [-0.2, 0) is 19.1 Å². The number of piperazine rings is 1. The Labute approximate surface area is 268 Å². The van der Waals surface area contributed by atoms with Crippen molar-refractivity contribution in [1.82, 2.24) is 25.4 Å². The predicted octanol–water partition coefficient (Wildman–Crippen LogP) is 0.967. The molecule has 6 rings (SSSR count). The summed E-state index contributed by atoms with van der Waals surface area (Å²) in [6, 6.07) is 8.99. The summed E-state index contributed by atoms with van der Waals surface area (Å²) in [5.74, 6) is 1.74. The number of fused-ring (bicyclic) bond motifs is 1. The minimum atomic E-state index is -0.662. The van der Waals surface area contributed by atoms with E-state index in [0.29, 0.717) is 47.7 Å². The van der Waals surface area contributed by atoms with Crippen molar-refractivity contribution < 1.29 is 28.9 Å². The van der Waals surface area contributed by atoms with Gasteiger partial charge in [0.05, 0.1) is 42.7 Å². The van der Waals surface area contributed by atoms with Crippen LogP contribution in [0.15, 0.2) is 30.3 Å². The Kier molecular flexibility index (Phi) is 10.9.